The maximum atomic E-state index is 12.6. The van der Waals surface area contributed by atoms with Gasteiger partial charge in [0.05, 0.1) is 5.92 Å². The van der Waals surface area contributed by atoms with Crippen molar-refractivity contribution in [3.63, 3.8) is 0 Å². The molecule has 7 N–H and O–H groups in total. The van der Waals surface area contributed by atoms with Crippen molar-refractivity contribution >= 4 is 41.1 Å². The molecule has 0 spiro atoms. The summed E-state index contributed by atoms with van der Waals surface area (Å²) in [6.07, 6.45) is 17.9. The molecule has 12 heteroatoms. The monoisotopic (exact) mass is 730 g/mol. The summed E-state index contributed by atoms with van der Waals surface area (Å²) in [7, 11) is 0. The molecule has 0 saturated carbocycles. The van der Waals surface area contributed by atoms with Gasteiger partial charge in [-0.3, -0.25) is 28.8 Å². The summed E-state index contributed by atoms with van der Waals surface area (Å²) in [5.74, 6) is -4.28. The van der Waals surface area contributed by atoms with Crippen LogP contribution in [0.1, 0.15) is 165 Å². The molecule has 1 rings (SSSR count). The topological polar surface area (TPSA) is 205 Å². The Kier molecular flexibility index (Phi) is 26.2. The van der Waals surface area contributed by atoms with Gasteiger partial charge in [0.2, 0.25) is 11.8 Å². The molecule has 2 atom stereocenters. The van der Waals surface area contributed by atoms with E-state index in [1.54, 1.807) is 12.1 Å². The maximum absolute atomic E-state index is 12.6. The van der Waals surface area contributed by atoms with Gasteiger partial charge in [0.1, 0.15) is 11.8 Å². The van der Waals surface area contributed by atoms with Crippen molar-refractivity contribution < 1.29 is 39.0 Å². The predicted octanol–water partition coefficient (Wildman–Crippen LogP) is 7.15. The van der Waals surface area contributed by atoms with Crippen LogP contribution in [0.4, 0.5) is 5.69 Å². The minimum absolute atomic E-state index is 0.00708. The highest BCUT2D eigenvalue weighted by molar-refractivity contribution is 5.94. The summed E-state index contributed by atoms with van der Waals surface area (Å²) >= 11 is 0. The van der Waals surface area contributed by atoms with Gasteiger partial charge in [0, 0.05) is 50.0 Å². The molecule has 12 nitrogen and oxygen atoms in total. The highest BCUT2D eigenvalue weighted by atomic mass is 16.4. The number of nitrogens with two attached hydrogens (primary N) is 1. The first-order valence-corrected chi connectivity index (χ1v) is 19.7. The second-order valence-electron chi connectivity index (χ2n) is 13.9. The van der Waals surface area contributed by atoms with E-state index in [0.717, 1.165) is 63.6 Å². The van der Waals surface area contributed by atoms with Crippen molar-refractivity contribution in [3.05, 3.63) is 29.8 Å². The van der Waals surface area contributed by atoms with Gasteiger partial charge >= 0.3 is 11.9 Å². The molecule has 0 aliphatic rings. The van der Waals surface area contributed by atoms with Gasteiger partial charge in [0.15, 0.2) is 0 Å². The second kappa shape index (κ2) is 29.6. The normalized spacial score (nSPS) is 12.1. The Morgan fingerprint density at radius 3 is 1.69 bits per heavy atom. The lowest BCUT2D eigenvalue weighted by Crippen LogP contribution is -2.44. The van der Waals surface area contributed by atoms with Crippen LogP contribution in [0.2, 0.25) is 0 Å². The number of hydrogen-bond donors (Lipinski definition) is 6. The molecule has 0 radical (unpaired) electrons. The van der Waals surface area contributed by atoms with Crippen LogP contribution in [0.15, 0.2) is 24.3 Å². The molecule has 52 heavy (non-hydrogen) atoms. The third-order valence-electron chi connectivity index (χ3n) is 9.25. The van der Waals surface area contributed by atoms with Crippen LogP contribution in [0.25, 0.3) is 0 Å². The van der Waals surface area contributed by atoms with E-state index in [4.69, 9.17) is 10.8 Å². The third kappa shape index (κ3) is 24.3. The van der Waals surface area contributed by atoms with Crippen molar-refractivity contribution in [2.24, 2.45) is 11.7 Å². The van der Waals surface area contributed by atoms with Gasteiger partial charge in [-0.15, -0.1) is 0 Å². The first kappa shape index (κ1) is 46.1. The Hall–Kier alpha value is -3.96. The van der Waals surface area contributed by atoms with E-state index in [2.05, 4.69) is 22.9 Å². The van der Waals surface area contributed by atoms with E-state index in [9.17, 15) is 33.9 Å². The van der Waals surface area contributed by atoms with Crippen LogP contribution >= 0.6 is 0 Å². The van der Waals surface area contributed by atoms with Crippen LogP contribution < -0.4 is 21.7 Å². The average molecular weight is 731 g/mol. The molecule has 0 aromatic heterocycles. The lowest BCUT2D eigenvalue weighted by molar-refractivity contribution is -0.144. The van der Waals surface area contributed by atoms with E-state index in [-0.39, 0.29) is 43.8 Å². The van der Waals surface area contributed by atoms with E-state index in [0.29, 0.717) is 31.4 Å². The minimum atomic E-state index is -1.12. The number of Topliss-reactive ketones (excluding diaryl/α,β-unsaturated/α-hetero) is 1. The Bertz CT molecular complexity index is 1190. The van der Waals surface area contributed by atoms with Crippen molar-refractivity contribution in [2.45, 2.75) is 161 Å². The van der Waals surface area contributed by atoms with Crippen LogP contribution in [0.5, 0.6) is 0 Å². The Balaban J connectivity index is 2.17. The number of carbonyl (C=O) groups is 6. The summed E-state index contributed by atoms with van der Waals surface area (Å²) in [6.45, 7) is 3.33. The number of unbranched alkanes of at least 4 members (excludes halogenated alkanes) is 14. The Labute approximate surface area is 310 Å². The molecule has 0 aliphatic heterocycles. The third-order valence-corrected chi connectivity index (χ3v) is 9.25. The molecule has 0 heterocycles. The zero-order chi connectivity index (χ0) is 38.4. The molecular formula is C40H66N4O8. The van der Waals surface area contributed by atoms with Crippen LogP contribution in [0.3, 0.4) is 0 Å². The number of primary amides is 1. The summed E-state index contributed by atoms with van der Waals surface area (Å²) < 4.78 is 0. The Morgan fingerprint density at radius 1 is 0.654 bits per heavy atom. The number of ketones is 1. The number of carboxylic acids is 2. The fourth-order valence-electron chi connectivity index (χ4n) is 6.05. The van der Waals surface area contributed by atoms with Gasteiger partial charge in [-0.1, -0.05) is 84.0 Å². The van der Waals surface area contributed by atoms with Crippen molar-refractivity contribution in [3.8, 4) is 0 Å². The van der Waals surface area contributed by atoms with Crippen LogP contribution in [-0.4, -0.2) is 64.8 Å². The van der Waals surface area contributed by atoms with Crippen LogP contribution in [-0.2, 0) is 24.0 Å². The molecule has 0 bridgehead atoms. The maximum Gasteiger partial charge on any atom is 0.306 e. The fourth-order valence-corrected chi connectivity index (χ4v) is 6.05. The predicted molar refractivity (Wildman–Crippen MR) is 204 cm³/mol. The number of rotatable bonds is 34. The smallest absolute Gasteiger partial charge is 0.306 e. The zero-order valence-electron chi connectivity index (χ0n) is 31.6. The largest absolute Gasteiger partial charge is 0.481 e. The molecule has 0 saturated heterocycles. The summed E-state index contributed by atoms with van der Waals surface area (Å²) in [4.78, 5) is 71.7. The SMILES string of the molecule is CCCNc1ccc(C(=O)NCCCC[C@H](NC(=O)CC[C@H](CC(=O)CCCCCCCCCCCCCCCCC(=O)O)C(=O)O)C(N)=O)cc1. The fraction of sp³-hybridized carbons (Fsp3) is 0.700. The number of carboxylic acid groups (broad SMARTS) is 2. The highest BCUT2D eigenvalue weighted by Gasteiger charge is 2.24. The van der Waals surface area contributed by atoms with E-state index in [1.807, 2.05) is 12.1 Å². The van der Waals surface area contributed by atoms with Crippen molar-refractivity contribution in [2.75, 3.05) is 18.4 Å². The standard InChI is InChI=1S/C40H66N4O8/c1-2-28-42-33-25-22-31(23-26-33)39(50)43-29-18-17-20-35(38(41)49)44-36(46)27-24-32(40(51)52)30-34(45)19-15-13-11-9-7-5-3-4-6-8-10-12-14-16-21-37(47)48/h22-23,25-26,32,35,42H,2-21,24,27-30H2,1H3,(H2,41,49)(H,43,50)(H,44,46)(H,47,48)(H,51,52)/t32-,35+/m1/s1. The van der Waals surface area contributed by atoms with E-state index < -0.39 is 35.7 Å². The first-order chi connectivity index (χ1) is 25.0. The lowest BCUT2D eigenvalue weighted by Gasteiger charge is -2.17. The van der Waals surface area contributed by atoms with Gasteiger partial charge in [-0.05, 0) is 69.2 Å². The number of hydrogen-bond acceptors (Lipinski definition) is 7. The highest BCUT2D eigenvalue weighted by Crippen LogP contribution is 2.17. The molecule has 1 aromatic carbocycles. The van der Waals surface area contributed by atoms with Gasteiger partial charge in [-0.25, -0.2) is 0 Å². The van der Waals surface area contributed by atoms with Gasteiger partial charge in [-0.2, -0.15) is 0 Å². The molecule has 0 fully saturated rings. The van der Waals surface area contributed by atoms with E-state index >= 15 is 0 Å². The number of nitrogens with one attached hydrogen (secondary N) is 3. The van der Waals surface area contributed by atoms with Gasteiger partial charge in [0.25, 0.3) is 5.91 Å². The number of benzene rings is 1. The van der Waals surface area contributed by atoms with Crippen molar-refractivity contribution in [1.82, 2.24) is 10.6 Å². The average Bonchev–Trinajstić information content (AvgIpc) is 3.11. The summed E-state index contributed by atoms with van der Waals surface area (Å²) in [6, 6.07) is 6.32. The van der Waals surface area contributed by atoms with Gasteiger partial charge < -0.3 is 31.9 Å². The summed E-state index contributed by atoms with van der Waals surface area (Å²) in [5, 5.41) is 27.0. The van der Waals surface area contributed by atoms with E-state index in [1.165, 1.54) is 44.9 Å². The molecule has 0 unspecified atom stereocenters. The number of anilines is 1. The molecule has 3 amide bonds. The molecule has 294 valence electrons. The Morgan fingerprint density at radius 2 is 1.19 bits per heavy atom. The molecule has 0 aliphatic carbocycles. The second-order valence-corrected chi connectivity index (χ2v) is 13.9. The zero-order valence-corrected chi connectivity index (χ0v) is 31.6. The quantitative estimate of drug-likeness (QED) is 0.0398. The molecule has 1 aromatic rings. The number of amides is 3. The number of carbonyl (C=O) groups excluding carboxylic acids is 4. The molecular weight excluding hydrogens is 664 g/mol. The van der Waals surface area contributed by atoms with Crippen molar-refractivity contribution in [1.29, 1.82) is 0 Å². The minimum Gasteiger partial charge on any atom is -0.481 e. The lowest BCUT2D eigenvalue weighted by atomic mass is 9.94. The first-order valence-electron chi connectivity index (χ1n) is 19.7. The number of aliphatic carboxylic acids is 2. The summed E-state index contributed by atoms with van der Waals surface area (Å²) in [5.41, 5.74) is 6.99. The van der Waals surface area contributed by atoms with Crippen LogP contribution in [0, 0.1) is 5.92 Å².